The molecule has 0 aromatic heterocycles. The molecule has 1 fully saturated rings. The van der Waals surface area contributed by atoms with Crippen LogP contribution < -0.4 is 0 Å². The highest BCUT2D eigenvalue weighted by atomic mass is 32.2. The number of nitrogens with zero attached hydrogens (tertiary/aromatic N) is 1. The summed E-state index contributed by atoms with van der Waals surface area (Å²) >= 11 is 0. The molecule has 3 aromatic rings. The lowest BCUT2D eigenvalue weighted by molar-refractivity contribution is -0.132. The number of amides is 1. The van der Waals surface area contributed by atoms with Crippen LogP contribution >= 0.6 is 0 Å². The second-order valence-electron chi connectivity index (χ2n) is 8.05. The van der Waals surface area contributed by atoms with Crippen molar-refractivity contribution in [3.05, 3.63) is 102 Å². The maximum atomic E-state index is 13.7. The molecule has 1 amide bonds. The Morgan fingerprint density at radius 2 is 1.30 bits per heavy atom. The third kappa shape index (κ3) is 3.90. The predicted octanol–water partition coefficient (Wildman–Crippen LogP) is 4.39. The summed E-state index contributed by atoms with van der Waals surface area (Å²) in [5.74, 6) is -0.309. The summed E-state index contributed by atoms with van der Waals surface area (Å²) in [6, 6.07) is 26.3. The molecule has 3 aromatic carbocycles. The van der Waals surface area contributed by atoms with Crippen molar-refractivity contribution in [1.82, 2.24) is 4.31 Å². The van der Waals surface area contributed by atoms with E-state index >= 15 is 0 Å². The summed E-state index contributed by atoms with van der Waals surface area (Å²) in [5.41, 5.74) is 2.28. The van der Waals surface area contributed by atoms with E-state index in [0.29, 0.717) is 19.3 Å². The molecule has 1 heterocycles. The molecule has 4 nitrogen and oxygen atoms in total. The Bertz CT molecular complexity index is 1080. The van der Waals surface area contributed by atoms with Crippen LogP contribution in [-0.2, 0) is 27.7 Å². The molecule has 1 aliphatic rings. The zero-order chi connectivity index (χ0) is 21.2. The zero-order valence-corrected chi connectivity index (χ0v) is 17.8. The average molecular weight is 420 g/mol. The van der Waals surface area contributed by atoms with Gasteiger partial charge in [-0.25, -0.2) is 12.7 Å². The highest BCUT2D eigenvalue weighted by molar-refractivity contribution is 7.89. The SMILES string of the molecule is Cc1ccc(S(=O)(=O)N2CCC(Cc3ccccc3)(Cc3ccccc3)C2=O)cc1. The van der Waals surface area contributed by atoms with Gasteiger partial charge in [0.05, 0.1) is 10.3 Å². The molecule has 0 atom stereocenters. The molecule has 154 valence electrons. The maximum Gasteiger partial charge on any atom is 0.266 e. The van der Waals surface area contributed by atoms with Gasteiger partial charge in [0, 0.05) is 6.54 Å². The molecule has 0 N–H and O–H groups in total. The van der Waals surface area contributed by atoms with Crippen LogP contribution in [0.1, 0.15) is 23.1 Å². The van der Waals surface area contributed by atoms with Crippen LogP contribution in [0.4, 0.5) is 0 Å². The minimum atomic E-state index is -3.88. The Labute approximate surface area is 178 Å². The van der Waals surface area contributed by atoms with Crippen LogP contribution in [0.15, 0.2) is 89.8 Å². The Hall–Kier alpha value is -2.92. The van der Waals surface area contributed by atoms with Crippen LogP contribution in [-0.4, -0.2) is 25.2 Å². The molecule has 1 aliphatic heterocycles. The number of hydrogen-bond donors (Lipinski definition) is 0. The molecule has 0 spiro atoms. The van der Waals surface area contributed by atoms with Crippen molar-refractivity contribution in [2.24, 2.45) is 5.41 Å². The van der Waals surface area contributed by atoms with E-state index in [4.69, 9.17) is 0 Å². The third-order valence-electron chi connectivity index (χ3n) is 5.85. The summed E-state index contributed by atoms with van der Waals surface area (Å²) in [6.45, 7) is 2.11. The van der Waals surface area contributed by atoms with E-state index in [0.717, 1.165) is 21.0 Å². The number of carbonyl (C=O) groups excluding carboxylic acids is 1. The standard InChI is InChI=1S/C25H25NO3S/c1-20-12-14-23(15-13-20)30(28,29)26-17-16-25(24(26)27,18-21-8-4-2-5-9-21)19-22-10-6-3-7-11-22/h2-15H,16-19H2,1H3. The van der Waals surface area contributed by atoms with Gasteiger partial charge in [-0.15, -0.1) is 0 Å². The molecule has 5 heteroatoms. The molecule has 0 aliphatic carbocycles. The van der Waals surface area contributed by atoms with Crippen LogP contribution in [0, 0.1) is 12.3 Å². The lowest BCUT2D eigenvalue weighted by Gasteiger charge is -2.28. The molecule has 4 rings (SSSR count). The first-order valence-corrected chi connectivity index (χ1v) is 11.6. The second-order valence-corrected chi connectivity index (χ2v) is 9.91. The van der Waals surface area contributed by atoms with Gasteiger partial charge in [0.25, 0.3) is 10.0 Å². The van der Waals surface area contributed by atoms with E-state index in [-0.39, 0.29) is 17.3 Å². The van der Waals surface area contributed by atoms with E-state index in [1.165, 1.54) is 0 Å². The predicted molar refractivity (Wildman–Crippen MR) is 117 cm³/mol. The zero-order valence-electron chi connectivity index (χ0n) is 17.0. The van der Waals surface area contributed by atoms with Gasteiger partial charge in [0.2, 0.25) is 5.91 Å². The fourth-order valence-corrected chi connectivity index (χ4v) is 5.70. The van der Waals surface area contributed by atoms with Crippen molar-refractivity contribution in [2.45, 2.75) is 31.1 Å². The Morgan fingerprint density at radius 3 is 1.80 bits per heavy atom. The second kappa shape index (κ2) is 8.07. The number of hydrogen-bond acceptors (Lipinski definition) is 3. The minimum Gasteiger partial charge on any atom is -0.273 e. The van der Waals surface area contributed by atoms with Gasteiger partial charge in [0.15, 0.2) is 0 Å². The van der Waals surface area contributed by atoms with Crippen molar-refractivity contribution in [1.29, 1.82) is 0 Å². The molecule has 0 saturated carbocycles. The third-order valence-corrected chi connectivity index (χ3v) is 7.65. The Morgan fingerprint density at radius 1 is 0.800 bits per heavy atom. The summed E-state index contributed by atoms with van der Waals surface area (Å²) in [4.78, 5) is 13.8. The van der Waals surface area contributed by atoms with Gasteiger partial charge in [-0.05, 0) is 49.4 Å². The fraction of sp³-hybridized carbons (Fsp3) is 0.240. The highest BCUT2D eigenvalue weighted by Gasteiger charge is 2.50. The monoisotopic (exact) mass is 419 g/mol. The fourth-order valence-electron chi connectivity index (χ4n) is 4.22. The molecule has 30 heavy (non-hydrogen) atoms. The van der Waals surface area contributed by atoms with E-state index in [2.05, 4.69) is 0 Å². The van der Waals surface area contributed by atoms with E-state index < -0.39 is 15.4 Å². The molecular weight excluding hydrogens is 394 g/mol. The normalized spacial score (nSPS) is 16.0. The van der Waals surface area contributed by atoms with Gasteiger partial charge in [0.1, 0.15) is 0 Å². The smallest absolute Gasteiger partial charge is 0.266 e. The largest absolute Gasteiger partial charge is 0.273 e. The maximum absolute atomic E-state index is 13.7. The first-order valence-electron chi connectivity index (χ1n) is 10.1. The lowest BCUT2D eigenvalue weighted by Crippen LogP contribution is -2.40. The van der Waals surface area contributed by atoms with Gasteiger partial charge in [-0.1, -0.05) is 78.4 Å². The molecule has 0 bridgehead atoms. The number of benzene rings is 3. The van der Waals surface area contributed by atoms with E-state index in [1.807, 2.05) is 67.6 Å². The van der Waals surface area contributed by atoms with Crippen molar-refractivity contribution in [3.8, 4) is 0 Å². The van der Waals surface area contributed by atoms with Gasteiger partial charge in [-0.2, -0.15) is 0 Å². The number of sulfonamides is 1. The van der Waals surface area contributed by atoms with E-state index in [9.17, 15) is 13.2 Å². The first-order chi connectivity index (χ1) is 14.4. The van der Waals surface area contributed by atoms with Crippen LogP contribution in [0.3, 0.4) is 0 Å². The molecule has 1 saturated heterocycles. The van der Waals surface area contributed by atoms with Crippen LogP contribution in [0.25, 0.3) is 0 Å². The summed E-state index contributed by atoms with van der Waals surface area (Å²) in [5, 5.41) is 0. The Balaban J connectivity index is 1.70. The van der Waals surface area contributed by atoms with Gasteiger partial charge < -0.3 is 0 Å². The minimum absolute atomic E-state index is 0.164. The van der Waals surface area contributed by atoms with Crippen molar-refractivity contribution in [3.63, 3.8) is 0 Å². The molecule has 0 unspecified atom stereocenters. The topological polar surface area (TPSA) is 54.5 Å². The Kier molecular flexibility index (Phi) is 5.48. The number of aryl methyl sites for hydroxylation is 1. The van der Waals surface area contributed by atoms with E-state index in [1.54, 1.807) is 24.3 Å². The highest BCUT2D eigenvalue weighted by Crippen LogP contribution is 2.41. The summed E-state index contributed by atoms with van der Waals surface area (Å²) in [7, 11) is -3.88. The quantitative estimate of drug-likeness (QED) is 0.596. The number of rotatable bonds is 6. The first kappa shape index (κ1) is 20.4. The molecule has 0 radical (unpaired) electrons. The van der Waals surface area contributed by atoms with Crippen LogP contribution in [0.5, 0.6) is 0 Å². The average Bonchev–Trinajstić information content (AvgIpc) is 3.06. The van der Waals surface area contributed by atoms with Crippen molar-refractivity contribution < 1.29 is 13.2 Å². The van der Waals surface area contributed by atoms with Gasteiger partial charge in [-0.3, -0.25) is 4.79 Å². The number of carbonyl (C=O) groups is 1. The summed E-state index contributed by atoms with van der Waals surface area (Å²) in [6.07, 6.45) is 1.53. The van der Waals surface area contributed by atoms with Gasteiger partial charge >= 0.3 is 0 Å². The van der Waals surface area contributed by atoms with Crippen LogP contribution in [0.2, 0.25) is 0 Å². The molecular formula is C25H25NO3S. The van der Waals surface area contributed by atoms with Crippen molar-refractivity contribution >= 4 is 15.9 Å². The van der Waals surface area contributed by atoms with Crippen molar-refractivity contribution in [2.75, 3.05) is 6.54 Å². The lowest BCUT2D eigenvalue weighted by atomic mass is 9.75. The summed E-state index contributed by atoms with van der Waals surface area (Å²) < 4.78 is 27.6.